The number of Topliss-reactive ketones (excluding diaryl/α,β-unsaturated/α-hetero) is 1. The Morgan fingerprint density at radius 2 is 1.69 bits per heavy atom. The van der Waals surface area contributed by atoms with E-state index in [4.69, 9.17) is 5.73 Å². The van der Waals surface area contributed by atoms with Crippen molar-refractivity contribution in [2.75, 3.05) is 6.54 Å². The highest BCUT2D eigenvalue weighted by Crippen LogP contribution is 2.16. The number of ketones is 1. The maximum atomic E-state index is 11.7. The summed E-state index contributed by atoms with van der Waals surface area (Å²) < 4.78 is 0. The number of rotatable bonds is 7. The molecule has 0 bridgehead atoms. The number of nitrogens with two attached hydrogens (primary N) is 1. The molecule has 0 radical (unpaired) electrons. The molecule has 0 amide bonds. The van der Waals surface area contributed by atoms with Crippen LogP contribution in [0.5, 0.6) is 0 Å². The lowest BCUT2D eigenvalue weighted by molar-refractivity contribution is -0.123. The molecule has 78 valence electrons. The quantitative estimate of drug-likeness (QED) is 0.661. The molecule has 2 nitrogen and oxygen atoms in total. The number of hydrogen-bond acceptors (Lipinski definition) is 2. The van der Waals surface area contributed by atoms with Gasteiger partial charge < -0.3 is 5.73 Å². The number of carbonyl (C=O) groups excluding carboxylic acids is 1. The fourth-order valence-corrected chi connectivity index (χ4v) is 1.59. The van der Waals surface area contributed by atoms with Crippen LogP contribution in [0.15, 0.2) is 0 Å². The van der Waals surface area contributed by atoms with Gasteiger partial charge in [-0.3, -0.25) is 4.79 Å². The zero-order chi connectivity index (χ0) is 10.3. The Labute approximate surface area is 81.9 Å². The van der Waals surface area contributed by atoms with E-state index in [1.54, 1.807) is 0 Å². The predicted molar refractivity (Wildman–Crippen MR) is 56.5 cm³/mol. The predicted octanol–water partition coefficient (Wildman–Crippen LogP) is 2.37. The van der Waals surface area contributed by atoms with Gasteiger partial charge in [0.1, 0.15) is 5.78 Å². The van der Waals surface area contributed by atoms with Crippen LogP contribution < -0.4 is 5.73 Å². The molecular weight excluding hydrogens is 162 g/mol. The molecule has 0 saturated carbocycles. The summed E-state index contributed by atoms with van der Waals surface area (Å²) in [5.41, 5.74) is 5.56. The lowest BCUT2D eigenvalue weighted by Gasteiger charge is -2.15. The standard InChI is InChI=1S/C11H23NO/c1-4-9(8-12)7-11(13)10(5-2)6-3/h9-10H,4-8,12H2,1-3H3. The fourth-order valence-electron chi connectivity index (χ4n) is 1.59. The summed E-state index contributed by atoms with van der Waals surface area (Å²) >= 11 is 0. The molecule has 2 N–H and O–H groups in total. The molecule has 0 aliphatic carbocycles. The zero-order valence-corrected chi connectivity index (χ0v) is 9.18. The van der Waals surface area contributed by atoms with Crippen LogP contribution in [0.1, 0.15) is 46.5 Å². The van der Waals surface area contributed by atoms with Gasteiger partial charge in [0, 0.05) is 12.3 Å². The van der Waals surface area contributed by atoms with Gasteiger partial charge in [-0.05, 0) is 25.3 Å². The molecule has 2 heteroatoms. The molecular formula is C11H23NO. The van der Waals surface area contributed by atoms with Gasteiger partial charge in [-0.2, -0.15) is 0 Å². The average Bonchev–Trinajstić information content (AvgIpc) is 2.16. The van der Waals surface area contributed by atoms with E-state index < -0.39 is 0 Å². The highest BCUT2D eigenvalue weighted by atomic mass is 16.1. The van der Waals surface area contributed by atoms with Crippen LogP contribution in [-0.2, 0) is 4.79 Å². The van der Waals surface area contributed by atoms with Crippen molar-refractivity contribution in [2.45, 2.75) is 46.5 Å². The average molecular weight is 185 g/mol. The van der Waals surface area contributed by atoms with Crippen LogP contribution >= 0.6 is 0 Å². The molecule has 0 saturated heterocycles. The molecule has 0 heterocycles. The molecule has 0 aromatic carbocycles. The minimum Gasteiger partial charge on any atom is -0.330 e. The van der Waals surface area contributed by atoms with Crippen molar-refractivity contribution in [1.29, 1.82) is 0 Å². The second-order valence-electron chi connectivity index (χ2n) is 3.69. The third kappa shape index (κ3) is 4.41. The van der Waals surface area contributed by atoms with Gasteiger partial charge in [-0.1, -0.05) is 27.2 Å². The molecule has 0 aliphatic rings. The first kappa shape index (κ1) is 12.6. The van der Waals surface area contributed by atoms with Crippen LogP contribution in [0.3, 0.4) is 0 Å². The lowest BCUT2D eigenvalue weighted by Crippen LogP contribution is -2.21. The second kappa shape index (κ2) is 7.07. The van der Waals surface area contributed by atoms with E-state index in [2.05, 4.69) is 20.8 Å². The summed E-state index contributed by atoms with van der Waals surface area (Å²) in [4.78, 5) is 11.7. The molecule has 0 rings (SSSR count). The van der Waals surface area contributed by atoms with Gasteiger partial charge in [-0.25, -0.2) is 0 Å². The molecule has 0 spiro atoms. The third-order valence-corrected chi connectivity index (χ3v) is 2.84. The van der Waals surface area contributed by atoms with Crippen molar-refractivity contribution in [2.24, 2.45) is 17.6 Å². The Hall–Kier alpha value is -0.370. The summed E-state index contributed by atoms with van der Waals surface area (Å²) in [6.07, 6.45) is 3.63. The molecule has 0 aromatic heterocycles. The fraction of sp³-hybridized carbons (Fsp3) is 0.909. The minimum absolute atomic E-state index is 0.264. The second-order valence-corrected chi connectivity index (χ2v) is 3.69. The Kier molecular flexibility index (Phi) is 6.87. The topological polar surface area (TPSA) is 43.1 Å². The Bertz CT molecular complexity index is 137. The Morgan fingerprint density at radius 3 is 2.00 bits per heavy atom. The molecule has 0 aromatic rings. The summed E-state index contributed by atoms with van der Waals surface area (Å²) in [5.74, 6) is 1.07. The highest BCUT2D eigenvalue weighted by molar-refractivity contribution is 5.81. The summed E-state index contributed by atoms with van der Waals surface area (Å²) in [6.45, 7) is 6.89. The monoisotopic (exact) mass is 185 g/mol. The summed E-state index contributed by atoms with van der Waals surface area (Å²) in [7, 11) is 0. The Balaban J connectivity index is 3.95. The van der Waals surface area contributed by atoms with E-state index in [9.17, 15) is 4.79 Å². The van der Waals surface area contributed by atoms with Crippen molar-refractivity contribution < 1.29 is 4.79 Å². The number of hydrogen-bond donors (Lipinski definition) is 1. The van der Waals surface area contributed by atoms with E-state index in [-0.39, 0.29) is 5.92 Å². The van der Waals surface area contributed by atoms with Gasteiger partial charge in [0.25, 0.3) is 0 Å². The first-order chi connectivity index (χ1) is 6.19. The maximum absolute atomic E-state index is 11.7. The van der Waals surface area contributed by atoms with Crippen LogP contribution in [-0.4, -0.2) is 12.3 Å². The molecule has 0 fully saturated rings. The van der Waals surface area contributed by atoms with Crippen LogP contribution in [0.4, 0.5) is 0 Å². The van der Waals surface area contributed by atoms with Crippen LogP contribution in [0.2, 0.25) is 0 Å². The van der Waals surface area contributed by atoms with E-state index in [0.29, 0.717) is 24.7 Å². The molecule has 1 atom stereocenters. The van der Waals surface area contributed by atoms with Crippen molar-refractivity contribution >= 4 is 5.78 Å². The first-order valence-corrected chi connectivity index (χ1v) is 5.42. The van der Waals surface area contributed by atoms with Gasteiger partial charge in [0.2, 0.25) is 0 Å². The molecule has 0 aliphatic heterocycles. The van der Waals surface area contributed by atoms with E-state index in [1.807, 2.05) is 0 Å². The summed E-state index contributed by atoms with van der Waals surface area (Å²) in [6, 6.07) is 0. The van der Waals surface area contributed by atoms with Crippen molar-refractivity contribution in [1.82, 2.24) is 0 Å². The van der Waals surface area contributed by atoms with E-state index in [1.165, 1.54) is 0 Å². The van der Waals surface area contributed by atoms with Crippen molar-refractivity contribution in [3.8, 4) is 0 Å². The van der Waals surface area contributed by atoms with E-state index in [0.717, 1.165) is 19.3 Å². The highest BCUT2D eigenvalue weighted by Gasteiger charge is 2.17. The van der Waals surface area contributed by atoms with Gasteiger partial charge >= 0.3 is 0 Å². The molecule has 1 unspecified atom stereocenters. The number of carbonyl (C=O) groups is 1. The van der Waals surface area contributed by atoms with Gasteiger partial charge in [0.05, 0.1) is 0 Å². The Morgan fingerprint density at radius 1 is 1.15 bits per heavy atom. The minimum atomic E-state index is 0.264. The van der Waals surface area contributed by atoms with Crippen LogP contribution in [0.25, 0.3) is 0 Å². The summed E-state index contributed by atoms with van der Waals surface area (Å²) in [5, 5.41) is 0. The molecule has 13 heavy (non-hydrogen) atoms. The van der Waals surface area contributed by atoms with Crippen molar-refractivity contribution in [3.63, 3.8) is 0 Å². The first-order valence-electron chi connectivity index (χ1n) is 5.42. The maximum Gasteiger partial charge on any atom is 0.136 e. The SMILES string of the molecule is CCC(CN)CC(=O)C(CC)CC. The lowest BCUT2D eigenvalue weighted by atomic mass is 9.90. The van der Waals surface area contributed by atoms with Crippen LogP contribution in [0, 0.1) is 11.8 Å². The van der Waals surface area contributed by atoms with Gasteiger partial charge in [0.15, 0.2) is 0 Å². The van der Waals surface area contributed by atoms with E-state index >= 15 is 0 Å². The zero-order valence-electron chi connectivity index (χ0n) is 9.18. The normalized spacial score (nSPS) is 13.3. The third-order valence-electron chi connectivity index (χ3n) is 2.84. The van der Waals surface area contributed by atoms with Gasteiger partial charge in [-0.15, -0.1) is 0 Å². The van der Waals surface area contributed by atoms with Crippen molar-refractivity contribution in [3.05, 3.63) is 0 Å². The smallest absolute Gasteiger partial charge is 0.136 e. The largest absolute Gasteiger partial charge is 0.330 e.